The number of hydrogen-bond acceptors (Lipinski definition) is 3. The van der Waals surface area contributed by atoms with Gasteiger partial charge in [0.25, 0.3) is 11.5 Å². The van der Waals surface area contributed by atoms with E-state index in [1.54, 1.807) is 18.3 Å². The van der Waals surface area contributed by atoms with Crippen molar-refractivity contribution in [2.45, 2.75) is 32.4 Å². The Hall–Kier alpha value is -2.11. The molecule has 1 aliphatic heterocycles. The fourth-order valence-corrected chi connectivity index (χ4v) is 3.59. The largest absolute Gasteiger partial charge is 0.338 e. The first kappa shape index (κ1) is 18.7. The Morgan fingerprint density at radius 3 is 2.81 bits per heavy atom. The van der Waals surface area contributed by atoms with Crippen LogP contribution in [0.15, 0.2) is 47.4 Å². The van der Waals surface area contributed by atoms with E-state index in [-0.39, 0.29) is 17.5 Å². The van der Waals surface area contributed by atoms with E-state index in [9.17, 15) is 9.59 Å². The van der Waals surface area contributed by atoms with E-state index in [2.05, 4.69) is 0 Å². The normalized spacial score (nSPS) is 18.6. The van der Waals surface area contributed by atoms with Crippen molar-refractivity contribution in [2.24, 2.45) is 11.7 Å². The summed E-state index contributed by atoms with van der Waals surface area (Å²) in [4.78, 5) is 26.9. The number of likely N-dealkylation sites (tertiary alicyclic amines) is 1. The summed E-state index contributed by atoms with van der Waals surface area (Å²) in [5, 5.41) is 0.604. The third kappa shape index (κ3) is 4.17. The second kappa shape index (κ2) is 8.06. The average Bonchev–Trinajstić information content (AvgIpc) is 2.65. The maximum Gasteiger partial charge on any atom is 0.255 e. The monoisotopic (exact) mass is 373 g/mol. The highest BCUT2D eigenvalue weighted by Crippen LogP contribution is 2.21. The quantitative estimate of drug-likeness (QED) is 0.895. The fourth-order valence-electron chi connectivity index (χ4n) is 3.40. The predicted octanol–water partition coefficient (Wildman–Crippen LogP) is 2.75. The van der Waals surface area contributed by atoms with Crippen molar-refractivity contribution in [3.05, 3.63) is 69.1 Å². The number of piperidine rings is 1. The van der Waals surface area contributed by atoms with Gasteiger partial charge in [-0.05, 0) is 43.4 Å². The van der Waals surface area contributed by atoms with E-state index in [4.69, 9.17) is 17.3 Å². The van der Waals surface area contributed by atoms with Crippen LogP contribution in [0.2, 0.25) is 5.02 Å². The summed E-state index contributed by atoms with van der Waals surface area (Å²) in [6, 6.07) is 10.5. The standard InChI is InChI=1S/C20H24ClN3O2/c1-14(22)15-6-4-10-23(11-15)20(26)17-8-9-19(25)24(13-17)12-16-5-2-3-7-18(16)21/h2-3,5,7-9,13-15H,4,6,10-12,22H2,1H3. The zero-order valence-electron chi connectivity index (χ0n) is 14.9. The van der Waals surface area contributed by atoms with Crippen molar-refractivity contribution < 1.29 is 4.79 Å². The van der Waals surface area contributed by atoms with E-state index in [1.165, 1.54) is 10.6 Å². The van der Waals surface area contributed by atoms with Gasteiger partial charge in [-0.2, -0.15) is 0 Å². The molecular formula is C20H24ClN3O2. The van der Waals surface area contributed by atoms with Gasteiger partial charge in [-0.25, -0.2) is 0 Å². The van der Waals surface area contributed by atoms with Crippen LogP contribution in [0.25, 0.3) is 0 Å². The number of nitrogens with two attached hydrogens (primary N) is 1. The van der Waals surface area contributed by atoms with Crippen LogP contribution in [-0.4, -0.2) is 34.5 Å². The Kier molecular flexibility index (Phi) is 5.79. The minimum atomic E-state index is -0.159. The molecule has 1 amide bonds. The third-order valence-corrected chi connectivity index (χ3v) is 5.39. The van der Waals surface area contributed by atoms with Crippen LogP contribution in [0.4, 0.5) is 0 Å². The number of halogens is 1. The van der Waals surface area contributed by atoms with Crippen molar-refractivity contribution in [1.29, 1.82) is 0 Å². The fraction of sp³-hybridized carbons (Fsp3) is 0.400. The number of rotatable bonds is 4. The summed E-state index contributed by atoms with van der Waals surface area (Å²) >= 11 is 6.19. The van der Waals surface area contributed by atoms with Crippen LogP contribution in [0.5, 0.6) is 0 Å². The lowest BCUT2D eigenvalue weighted by Gasteiger charge is -2.34. The molecular weight excluding hydrogens is 350 g/mol. The molecule has 26 heavy (non-hydrogen) atoms. The molecule has 6 heteroatoms. The number of pyridine rings is 1. The highest BCUT2D eigenvalue weighted by Gasteiger charge is 2.26. The molecule has 2 heterocycles. The first-order valence-electron chi connectivity index (χ1n) is 8.94. The molecule has 2 unspecified atom stereocenters. The number of nitrogens with zero attached hydrogens (tertiary/aromatic N) is 2. The van der Waals surface area contributed by atoms with Gasteiger partial charge in [0, 0.05) is 36.4 Å². The van der Waals surface area contributed by atoms with E-state index >= 15 is 0 Å². The lowest BCUT2D eigenvalue weighted by molar-refractivity contribution is 0.0660. The number of carbonyl (C=O) groups excluding carboxylic acids is 1. The van der Waals surface area contributed by atoms with Crippen LogP contribution in [0, 0.1) is 5.92 Å². The molecule has 0 saturated carbocycles. The Bertz CT molecular complexity index is 847. The summed E-state index contributed by atoms with van der Waals surface area (Å²) < 4.78 is 1.53. The van der Waals surface area contributed by atoms with E-state index in [0.29, 0.717) is 29.6 Å². The molecule has 1 saturated heterocycles. The van der Waals surface area contributed by atoms with Crippen LogP contribution < -0.4 is 11.3 Å². The number of benzene rings is 1. The molecule has 3 rings (SSSR count). The molecule has 1 aliphatic rings. The second-order valence-electron chi connectivity index (χ2n) is 6.99. The van der Waals surface area contributed by atoms with E-state index in [0.717, 1.165) is 24.9 Å². The second-order valence-corrected chi connectivity index (χ2v) is 7.40. The van der Waals surface area contributed by atoms with Gasteiger partial charge in [0.2, 0.25) is 0 Å². The van der Waals surface area contributed by atoms with Gasteiger partial charge in [-0.15, -0.1) is 0 Å². The highest BCUT2D eigenvalue weighted by atomic mass is 35.5. The highest BCUT2D eigenvalue weighted by molar-refractivity contribution is 6.31. The number of carbonyl (C=O) groups is 1. The number of aromatic nitrogens is 1. The van der Waals surface area contributed by atoms with Gasteiger partial charge in [0.1, 0.15) is 0 Å². The molecule has 138 valence electrons. The smallest absolute Gasteiger partial charge is 0.255 e. The lowest BCUT2D eigenvalue weighted by Crippen LogP contribution is -2.45. The van der Waals surface area contributed by atoms with Crippen molar-refractivity contribution in [2.75, 3.05) is 13.1 Å². The number of hydrogen-bond donors (Lipinski definition) is 1. The maximum atomic E-state index is 12.9. The molecule has 1 aromatic carbocycles. The molecule has 2 N–H and O–H groups in total. The van der Waals surface area contributed by atoms with Crippen LogP contribution >= 0.6 is 11.6 Å². The Balaban J connectivity index is 1.82. The van der Waals surface area contributed by atoms with Gasteiger partial charge >= 0.3 is 0 Å². The van der Waals surface area contributed by atoms with Crippen LogP contribution in [0.1, 0.15) is 35.7 Å². The molecule has 0 aliphatic carbocycles. The Morgan fingerprint density at radius 1 is 1.31 bits per heavy atom. The van der Waals surface area contributed by atoms with Gasteiger partial charge < -0.3 is 15.2 Å². The topological polar surface area (TPSA) is 68.3 Å². The molecule has 0 spiro atoms. The van der Waals surface area contributed by atoms with Crippen molar-refractivity contribution in [3.63, 3.8) is 0 Å². The maximum absolute atomic E-state index is 12.9. The van der Waals surface area contributed by atoms with Crippen molar-refractivity contribution in [1.82, 2.24) is 9.47 Å². The average molecular weight is 374 g/mol. The molecule has 1 fully saturated rings. The molecule has 2 aromatic rings. The SMILES string of the molecule is CC(N)C1CCCN(C(=O)c2ccc(=O)n(Cc3ccccc3Cl)c2)C1. The van der Waals surface area contributed by atoms with Gasteiger partial charge in [-0.3, -0.25) is 9.59 Å². The first-order valence-corrected chi connectivity index (χ1v) is 9.32. The molecule has 2 atom stereocenters. The van der Waals surface area contributed by atoms with Crippen LogP contribution in [-0.2, 0) is 6.54 Å². The number of amides is 1. The Labute approximate surface area is 158 Å². The molecule has 5 nitrogen and oxygen atoms in total. The van der Waals surface area contributed by atoms with Crippen molar-refractivity contribution >= 4 is 17.5 Å². The Morgan fingerprint density at radius 2 is 2.08 bits per heavy atom. The molecule has 1 aromatic heterocycles. The summed E-state index contributed by atoms with van der Waals surface area (Å²) in [7, 11) is 0. The third-order valence-electron chi connectivity index (χ3n) is 5.02. The van der Waals surface area contributed by atoms with Crippen LogP contribution in [0.3, 0.4) is 0 Å². The minimum Gasteiger partial charge on any atom is -0.338 e. The zero-order chi connectivity index (χ0) is 18.7. The summed E-state index contributed by atoms with van der Waals surface area (Å²) in [6.07, 6.45) is 3.63. The summed E-state index contributed by atoms with van der Waals surface area (Å²) in [6.45, 7) is 3.72. The van der Waals surface area contributed by atoms with Crippen molar-refractivity contribution in [3.8, 4) is 0 Å². The summed E-state index contributed by atoms with van der Waals surface area (Å²) in [5.74, 6) is 0.269. The van der Waals surface area contributed by atoms with E-state index < -0.39 is 0 Å². The zero-order valence-corrected chi connectivity index (χ0v) is 15.7. The van der Waals surface area contributed by atoms with Gasteiger partial charge in [-0.1, -0.05) is 29.8 Å². The molecule has 0 radical (unpaired) electrons. The first-order chi connectivity index (χ1) is 12.5. The van der Waals surface area contributed by atoms with E-state index in [1.807, 2.05) is 30.0 Å². The lowest BCUT2D eigenvalue weighted by atomic mass is 9.92. The van der Waals surface area contributed by atoms with Gasteiger partial charge in [0.05, 0.1) is 12.1 Å². The summed E-state index contributed by atoms with van der Waals surface area (Å²) in [5.41, 5.74) is 7.22. The molecule has 0 bridgehead atoms. The predicted molar refractivity (Wildman–Crippen MR) is 104 cm³/mol. The van der Waals surface area contributed by atoms with Gasteiger partial charge in [0.15, 0.2) is 0 Å². The minimum absolute atomic E-state index is 0.0525.